The van der Waals surface area contributed by atoms with Crippen LogP contribution in [-0.2, 0) is 34.9 Å². The molecule has 4 saturated carbocycles. The summed E-state index contributed by atoms with van der Waals surface area (Å²) in [7, 11) is -3.15. The summed E-state index contributed by atoms with van der Waals surface area (Å²) in [5, 5.41) is 13.5. The highest BCUT2D eigenvalue weighted by atomic mass is 31.2. The first-order valence-electron chi connectivity index (χ1n) is 19.8. The van der Waals surface area contributed by atoms with Gasteiger partial charge in [-0.3, -0.25) is 19.4 Å². The van der Waals surface area contributed by atoms with E-state index in [4.69, 9.17) is 18.7 Å². The molecule has 1 aromatic rings. The quantitative estimate of drug-likeness (QED) is 0.235. The highest BCUT2D eigenvalue weighted by Gasteiger charge is 2.84. The van der Waals surface area contributed by atoms with Gasteiger partial charge in [-0.1, -0.05) is 32.3 Å². The predicted molar refractivity (Wildman–Crippen MR) is 196 cm³/mol. The van der Waals surface area contributed by atoms with Gasteiger partial charge in [-0.05, 0) is 93.0 Å². The van der Waals surface area contributed by atoms with Crippen LogP contribution in [-0.4, -0.2) is 98.4 Å². The second kappa shape index (κ2) is 13.3. The Morgan fingerprint density at radius 3 is 2.65 bits per heavy atom. The van der Waals surface area contributed by atoms with Gasteiger partial charge in [0, 0.05) is 48.3 Å². The molecule has 0 radical (unpaired) electrons. The molecule has 9 rings (SSSR count). The molecule has 10 atom stereocenters. The number of nitrogens with one attached hydrogen (secondary N) is 1. The lowest BCUT2D eigenvalue weighted by atomic mass is 9.44. The zero-order chi connectivity index (χ0) is 38.5. The summed E-state index contributed by atoms with van der Waals surface area (Å²) >= 11 is 0. The first-order chi connectivity index (χ1) is 26.2. The molecule has 0 aromatic heterocycles. The van der Waals surface area contributed by atoms with Crippen LogP contribution in [0.1, 0.15) is 81.9 Å². The van der Waals surface area contributed by atoms with Crippen LogP contribution < -0.4 is 9.84 Å². The molecule has 15 heteroatoms. The molecule has 1 aromatic carbocycles. The highest BCUT2D eigenvalue weighted by Crippen LogP contribution is 2.75. The van der Waals surface area contributed by atoms with Gasteiger partial charge in [0.15, 0.2) is 29.1 Å². The number of ether oxygens (including phenoxy) is 3. The number of benzene rings is 1. The van der Waals surface area contributed by atoms with Crippen molar-refractivity contribution < 1.29 is 52.2 Å². The van der Waals surface area contributed by atoms with Crippen molar-refractivity contribution in [3.8, 4) is 5.75 Å². The minimum atomic E-state index is -4.87. The first kappa shape index (κ1) is 37.6. The lowest BCUT2D eigenvalue weighted by molar-refractivity contribution is -0.357. The molecule has 0 bridgehead atoms. The number of allylic oxidation sites excluding steroid dienone is 2. The number of Topliss-reactive ketones (excluding diaryl/α,β-unsaturated/α-hetero) is 1. The number of likely N-dealkylation sites (N-methyl/N-ethyl adjacent to an activating group) is 1. The van der Waals surface area contributed by atoms with E-state index in [1.807, 2.05) is 22.2 Å². The van der Waals surface area contributed by atoms with E-state index in [1.165, 1.54) is 18.6 Å². The summed E-state index contributed by atoms with van der Waals surface area (Å²) in [5.41, 5.74) is -3.29. The molecule has 298 valence electrons. The molecule has 3 heterocycles. The highest BCUT2D eigenvalue weighted by molar-refractivity contribution is 7.46. The lowest BCUT2D eigenvalue weighted by Gasteiger charge is -2.71. The molecule has 13 nitrogen and oxygen atoms in total. The third-order valence-corrected chi connectivity index (χ3v) is 14.7. The maximum atomic E-state index is 17.8. The van der Waals surface area contributed by atoms with Gasteiger partial charge in [0.1, 0.15) is 11.4 Å². The Morgan fingerprint density at radius 1 is 1.11 bits per heavy atom. The minimum Gasteiger partial charge on any atom is -0.404 e. The maximum Gasteiger partial charge on any atom is 0.524 e. The van der Waals surface area contributed by atoms with Crippen LogP contribution in [0.2, 0.25) is 0 Å². The Hall–Kier alpha value is -2.94. The normalized spacial score (nSPS) is 39.6. The Labute approximate surface area is 320 Å². The van der Waals surface area contributed by atoms with Gasteiger partial charge >= 0.3 is 7.82 Å². The fraction of sp³-hybridized carbons (Fsp3) is 0.650. The fourth-order valence-corrected chi connectivity index (χ4v) is 12.3. The van der Waals surface area contributed by atoms with E-state index < -0.39 is 60.6 Å². The molecule has 55 heavy (non-hydrogen) atoms. The number of nitrogens with zero attached hydrogens (tertiary/aromatic N) is 2. The van der Waals surface area contributed by atoms with Crippen molar-refractivity contribution in [3.05, 3.63) is 65.5 Å². The van der Waals surface area contributed by atoms with Crippen LogP contribution in [0.15, 0.2) is 54.4 Å². The average Bonchev–Trinajstić information content (AvgIpc) is 3.82. The third-order valence-electron chi connectivity index (χ3n) is 14.3. The predicted octanol–water partition coefficient (Wildman–Crippen LogP) is 4.34. The van der Waals surface area contributed by atoms with Crippen LogP contribution in [0.3, 0.4) is 0 Å². The van der Waals surface area contributed by atoms with E-state index in [1.54, 1.807) is 31.3 Å². The molecule has 8 aliphatic rings. The lowest BCUT2D eigenvalue weighted by Crippen LogP contribution is -2.81. The first-order valence-corrected chi connectivity index (χ1v) is 21.3. The van der Waals surface area contributed by atoms with Crippen molar-refractivity contribution >= 4 is 19.4 Å². The van der Waals surface area contributed by atoms with Gasteiger partial charge in [0.2, 0.25) is 0 Å². The largest absolute Gasteiger partial charge is 0.524 e. The van der Waals surface area contributed by atoms with E-state index >= 15 is 9.18 Å². The van der Waals surface area contributed by atoms with Gasteiger partial charge in [-0.2, -0.15) is 0 Å². The summed E-state index contributed by atoms with van der Waals surface area (Å²) in [4.78, 5) is 50.4. The summed E-state index contributed by atoms with van der Waals surface area (Å²) < 4.78 is 55.1. The molecule has 1 spiro atoms. The number of aliphatic hydroxyl groups is 1. The van der Waals surface area contributed by atoms with Gasteiger partial charge < -0.3 is 39.0 Å². The summed E-state index contributed by atoms with van der Waals surface area (Å²) in [6.45, 7) is 2.86. The Bertz CT molecular complexity index is 1900. The average molecular weight is 784 g/mol. The molecular formula is C40H51FN3O10P. The van der Waals surface area contributed by atoms with Crippen LogP contribution >= 0.6 is 7.82 Å². The Morgan fingerprint density at radius 2 is 1.89 bits per heavy atom. The molecule has 0 amide bonds. The smallest absolute Gasteiger partial charge is 0.404 e. The van der Waals surface area contributed by atoms with Crippen molar-refractivity contribution in [2.45, 2.75) is 113 Å². The number of hydrogen-bond donors (Lipinski definition) is 4. The fourth-order valence-electron chi connectivity index (χ4n) is 11.9. The maximum absolute atomic E-state index is 17.8. The molecule has 5 aliphatic carbocycles. The van der Waals surface area contributed by atoms with Crippen LogP contribution in [0.25, 0.3) is 0 Å². The number of phosphoric ester groups is 1. The number of carbonyl (C=O) groups is 2. The second-order valence-corrected chi connectivity index (χ2v) is 18.4. The molecule has 6 fully saturated rings. The van der Waals surface area contributed by atoms with E-state index in [0.717, 1.165) is 25.7 Å². The molecule has 4 N–H and O–H groups in total. The number of phosphoric acid groups is 1. The zero-order valence-corrected chi connectivity index (χ0v) is 32.2. The summed E-state index contributed by atoms with van der Waals surface area (Å²) in [6, 6.07) is 4.68. The number of fused-ring (bicyclic) bond motifs is 4. The van der Waals surface area contributed by atoms with Crippen molar-refractivity contribution in [3.63, 3.8) is 0 Å². The van der Waals surface area contributed by atoms with Crippen LogP contribution in [0, 0.1) is 23.2 Å². The Balaban J connectivity index is 0.976. The zero-order valence-electron chi connectivity index (χ0n) is 31.3. The number of hydrogen-bond acceptors (Lipinski definition) is 11. The molecule has 2 saturated heterocycles. The number of ketones is 2. The van der Waals surface area contributed by atoms with Crippen molar-refractivity contribution in [2.24, 2.45) is 23.2 Å². The minimum absolute atomic E-state index is 0.00421. The summed E-state index contributed by atoms with van der Waals surface area (Å²) in [5.74, 6) is -0.686. The third kappa shape index (κ3) is 5.68. The standard InChI is InChI=1S/C40H51FN3O10P/c1-37-19-35-39(41)29(10-9-27-17-28(45)12-13-38(27,39)52-35)30(37)18-34-40(37,53-36(51-34)24-6-4-3-5-7-24)33(47)22-44-15-14-43(23-44)21-26-16-25(31(46)20-42-2)8-11-32(26)54-55(48,49)50/h8,11-17,24,29-31,34-36,42,46H,3-7,9-10,18-23H2,1-2H3,(H2,48,49,50). The van der Waals surface area contributed by atoms with Crippen molar-refractivity contribution in [1.29, 1.82) is 0 Å². The van der Waals surface area contributed by atoms with Crippen molar-refractivity contribution in [2.75, 3.05) is 26.8 Å². The second-order valence-electron chi connectivity index (χ2n) is 17.2. The van der Waals surface area contributed by atoms with Gasteiger partial charge in [-0.15, -0.1) is 0 Å². The Kier molecular flexibility index (Phi) is 9.10. The molecule has 10 unspecified atom stereocenters. The van der Waals surface area contributed by atoms with Crippen LogP contribution in [0.4, 0.5) is 4.39 Å². The van der Waals surface area contributed by atoms with Crippen molar-refractivity contribution in [1.82, 2.24) is 15.1 Å². The number of carbonyl (C=O) groups excluding carboxylic acids is 2. The number of aliphatic hydroxyl groups excluding tert-OH is 1. The summed E-state index contributed by atoms with van der Waals surface area (Å²) in [6.07, 6.45) is 12.7. The van der Waals surface area contributed by atoms with E-state index in [9.17, 15) is 24.3 Å². The van der Waals surface area contributed by atoms with E-state index in [-0.39, 0.29) is 48.8 Å². The van der Waals surface area contributed by atoms with Gasteiger partial charge in [0.05, 0.1) is 31.5 Å². The van der Waals surface area contributed by atoms with Gasteiger partial charge in [-0.25, -0.2) is 8.96 Å². The topological polar surface area (TPSA) is 167 Å². The number of rotatable bonds is 11. The number of halogens is 1. The van der Waals surface area contributed by atoms with E-state index in [2.05, 4.69) is 12.2 Å². The van der Waals surface area contributed by atoms with E-state index in [0.29, 0.717) is 49.1 Å². The molecule has 3 aliphatic heterocycles. The van der Waals surface area contributed by atoms with Crippen LogP contribution in [0.5, 0.6) is 5.75 Å². The monoisotopic (exact) mass is 783 g/mol. The molecular weight excluding hydrogens is 732 g/mol. The SMILES string of the molecule is CNCC(O)c1ccc(OP(=O)(O)O)c(CN2C=CN(CC(=O)C34OC(C5CCCCC5)OC3CC3C5CCC6=CC(=O)C=CC67OC(CC34C)C57F)C2)c1. The van der Waals surface area contributed by atoms with Gasteiger partial charge in [0.25, 0.3) is 0 Å². The number of alkyl halides is 1.